The van der Waals surface area contributed by atoms with Crippen LogP contribution in [0.25, 0.3) is 0 Å². The highest BCUT2D eigenvalue weighted by Crippen LogP contribution is 2.51. The van der Waals surface area contributed by atoms with Crippen LogP contribution in [0, 0.1) is 0 Å². The van der Waals surface area contributed by atoms with Crippen LogP contribution in [0.2, 0.25) is 0 Å². The molecule has 0 spiro atoms. The molecule has 0 amide bonds. The van der Waals surface area contributed by atoms with Crippen LogP contribution in [-0.2, 0) is 18.4 Å². The van der Waals surface area contributed by atoms with Gasteiger partial charge in [0.25, 0.3) is 0 Å². The number of carbonyl (C=O) groups is 1. The fourth-order valence-electron chi connectivity index (χ4n) is 1.02. The predicted octanol–water partition coefficient (Wildman–Crippen LogP) is 2.23. The Labute approximate surface area is 79.1 Å². The molecule has 0 rings (SSSR count). The Morgan fingerprint density at radius 3 is 2.15 bits per heavy atom. The van der Waals surface area contributed by atoms with Crippen LogP contribution in [0.4, 0.5) is 0 Å². The summed E-state index contributed by atoms with van der Waals surface area (Å²) in [5.74, 6) is -0.0745. The lowest BCUT2D eigenvalue weighted by molar-refractivity contribution is -0.118. The summed E-state index contributed by atoms with van der Waals surface area (Å²) in [6, 6.07) is 0. The summed E-state index contributed by atoms with van der Waals surface area (Å²) in [5.41, 5.74) is -0.664. The van der Waals surface area contributed by atoms with Gasteiger partial charge in [0, 0.05) is 20.6 Å². The Morgan fingerprint density at radius 2 is 1.85 bits per heavy atom. The minimum absolute atomic E-state index is 0.0745. The minimum atomic E-state index is -3.21. The maximum absolute atomic E-state index is 11.7. The van der Waals surface area contributed by atoms with Crippen molar-refractivity contribution in [1.29, 1.82) is 0 Å². The molecule has 0 saturated carbocycles. The zero-order valence-electron chi connectivity index (χ0n) is 8.57. The molecule has 1 unspecified atom stereocenters. The van der Waals surface area contributed by atoms with Crippen molar-refractivity contribution in [2.75, 3.05) is 14.2 Å². The van der Waals surface area contributed by atoms with Gasteiger partial charge in [0.15, 0.2) is 0 Å². The van der Waals surface area contributed by atoms with Crippen LogP contribution >= 0.6 is 7.60 Å². The number of Topliss-reactive ketones (excluding diaryl/α,β-unsaturated/α-hetero) is 1. The van der Waals surface area contributed by atoms with E-state index in [2.05, 4.69) is 0 Å². The largest absolute Gasteiger partial charge is 0.340 e. The molecule has 0 aromatic heterocycles. The average molecular weight is 208 g/mol. The molecule has 1 atom stereocenters. The lowest BCUT2D eigenvalue weighted by Crippen LogP contribution is -2.18. The highest BCUT2D eigenvalue weighted by molar-refractivity contribution is 7.55. The molecule has 0 saturated heterocycles. The molecule has 0 aliphatic heterocycles. The number of ketones is 1. The third-order valence-electron chi connectivity index (χ3n) is 1.95. The van der Waals surface area contributed by atoms with Crippen LogP contribution in [0.1, 0.15) is 26.7 Å². The molecular formula is C8H17O4P. The topological polar surface area (TPSA) is 52.6 Å². The highest BCUT2D eigenvalue weighted by Gasteiger charge is 2.34. The van der Waals surface area contributed by atoms with Gasteiger partial charge in [-0.25, -0.2) is 0 Å². The molecule has 0 bridgehead atoms. The second-order valence-electron chi connectivity index (χ2n) is 2.80. The fourth-order valence-corrected chi connectivity index (χ4v) is 2.29. The molecule has 0 fully saturated rings. The van der Waals surface area contributed by atoms with Crippen LogP contribution < -0.4 is 0 Å². The van der Waals surface area contributed by atoms with Gasteiger partial charge in [-0.1, -0.05) is 6.92 Å². The summed E-state index contributed by atoms with van der Waals surface area (Å²) >= 11 is 0. The number of rotatable bonds is 6. The van der Waals surface area contributed by atoms with Crippen LogP contribution in [0.3, 0.4) is 0 Å². The van der Waals surface area contributed by atoms with Crippen molar-refractivity contribution in [2.45, 2.75) is 32.3 Å². The Kier molecular flexibility index (Phi) is 5.45. The summed E-state index contributed by atoms with van der Waals surface area (Å²) in [4.78, 5) is 11.4. The normalized spacial score (nSPS) is 14.2. The predicted molar refractivity (Wildman–Crippen MR) is 51.0 cm³/mol. The van der Waals surface area contributed by atoms with Gasteiger partial charge in [-0.3, -0.25) is 9.36 Å². The molecule has 0 aromatic rings. The molecular weight excluding hydrogens is 191 g/mol. The standard InChI is InChI=1S/C8H17O4P/c1-5-6-8(9)7(2)13(10,11-3)12-4/h7H,5-6H2,1-4H3. The van der Waals surface area contributed by atoms with Gasteiger partial charge in [0.1, 0.15) is 11.4 Å². The van der Waals surface area contributed by atoms with Gasteiger partial charge in [-0.05, 0) is 13.3 Å². The maximum atomic E-state index is 11.7. The van der Waals surface area contributed by atoms with Gasteiger partial charge in [0.05, 0.1) is 0 Å². The third-order valence-corrected chi connectivity index (χ3v) is 4.20. The van der Waals surface area contributed by atoms with E-state index in [1.165, 1.54) is 14.2 Å². The van der Waals surface area contributed by atoms with E-state index >= 15 is 0 Å². The second kappa shape index (κ2) is 5.53. The molecule has 78 valence electrons. The minimum Gasteiger partial charge on any atom is -0.311 e. The first kappa shape index (κ1) is 12.8. The smallest absolute Gasteiger partial charge is 0.311 e. The number of carbonyl (C=O) groups excluding carboxylic acids is 1. The van der Waals surface area contributed by atoms with Gasteiger partial charge < -0.3 is 9.05 Å². The van der Waals surface area contributed by atoms with Gasteiger partial charge in [0.2, 0.25) is 0 Å². The first-order valence-corrected chi connectivity index (χ1v) is 5.87. The molecule has 0 aromatic carbocycles. The van der Waals surface area contributed by atoms with E-state index in [9.17, 15) is 9.36 Å². The van der Waals surface area contributed by atoms with Crippen molar-refractivity contribution in [2.24, 2.45) is 0 Å². The molecule has 0 radical (unpaired) electrons. The Morgan fingerprint density at radius 1 is 1.38 bits per heavy atom. The fraction of sp³-hybridized carbons (Fsp3) is 0.875. The highest BCUT2D eigenvalue weighted by atomic mass is 31.2. The van der Waals surface area contributed by atoms with Crippen LogP contribution in [-0.4, -0.2) is 25.7 Å². The quantitative estimate of drug-likeness (QED) is 0.628. The van der Waals surface area contributed by atoms with Crippen molar-refractivity contribution in [3.05, 3.63) is 0 Å². The van der Waals surface area contributed by atoms with Crippen molar-refractivity contribution in [3.63, 3.8) is 0 Å². The number of hydrogen-bond donors (Lipinski definition) is 0. The summed E-state index contributed by atoms with van der Waals surface area (Å²) < 4.78 is 21.2. The van der Waals surface area contributed by atoms with E-state index in [0.717, 1.165) is 6.42 Å². The summed E-state index contributed by atoms with van der Waals surface area (Å²) in [6.07, 6.45) is 1.16. The maximum Gasteiger partial charge on any atom is 0.340 e. The molecule has 0 aliphatic rings. The molecule has 13 heavy (non-hydrogen) atoms. The average Bonchev–Trinajstić information content (AvgIpc) is 2.16. The van der Waals surface area contributed by atoms with Crippen LogP contribution in [0.15, 0.2) is 0 Å². The lowest BCUT2D eigenvalue weighted by Gasteiger charge is -2.19. The molecule has 0 aliphatic carbocycles. The Hall–Kier alpha value is -0.180. The van der Waals surface area contributed by atoms with Crippen molar-refractivity contribution in [3.8, 4) is 0 Å². The van der Waals surface area contributed by atoms with Gasteiger partial charge in [-0.2, -0.15) is 0 Å². The summed E-state index contributed by atoms with van der Waals surface area (Å²) in [6.45, 7) is 3.47. The van der Waals surface area contributed by atoms with E-state index in [1.54, 1.807) is 6.92 Å². The number of hydrogen-bond acceptors (Lipinski definition) is 4. The SMILES string of the molecule is CCCC(=O)C(C)P(=O)(OC)OC. The Balaban J connectivity index is 4.46. The van der Waals surface area contributed by atoms with Crippen molar-refractivity contribution in [1.82, 2.24) is 0 Å². The molecule has 4 nitrogen and oxygen atoms in total. The molecule has 5 heteroatoms. The third kappa shape index (κ3) is 3.22. The van der Waals surface area contributed by atoms with Gasteiger partial charge in [-0.15, -0.1) is 0 Å². The second-order valence-corrected chi connectivity index (χ2v) is 5.38. The zero-order chi connectivity index (χ0) is 10.5. The van der Waals surface area contributed by atoms with E-state index in [0.29, 0.717) is 6.42 Å². The van der Waals surface area contributed by atoms with E-state index in [4.69, 9.17) is 9.05 Å². The van der Waals surface area contributed by atoms with Crippen LogP contribution in [0.5, 0.6) is 0 Å². The van der Waals surface area contributed by atoms with Crippen molar-refractivity contribution < 1.29 is 18.4 Å². The molecule has 0 N–H and O–H groups in total. The summed E-state index contributed by atoms with van der Waals surface area (Å²) in [5, 5.41) is 0. The van der Waals surface area contributed by atoms with E-state index in [1.807, 2.05) is 6.92 Å². The first-order valence-electron chi connectivity index (χ1n) is 4.25. The van der Waals surface area contributed by atoms with E-state index in [-0.39, 0.29) is 5.78 Å². The van der Waals surface area contributed by atoms with E-state index < -0.39 is 13.3 Å². The zero-order valence-corrected chi connectivity index (χ0v) is 9.47. The van der Waals surface area contributed by atoms with Crippen molar-refractivity contribution >= 4 is 13.4 Å². The molecule has 0 heterocycles. The summed E-state index contributed by atoms with van der Waals surface area (Å²) in [7, 11) is -0.624. The first-order chi connectivity index (χ1) is 6.01. The Bertz CT molecular complexity index is 206. The van der Waals surface area contributed by atoms with Gasteiger partial charge >= 0.3 is 7.60 Å². The lowest BCUT2D eigenvalue weighted by atomic mass is 10.2. The monoisotopic (exact) mass is 208 g/mol.